The number of amides is 1. The highest BCUT2D eigenvalue weighted by Gasteiger charge is 2.24. The van der Waals surface area contributed by atoms with Crippen molar-refractivity contribution in [3.05, 3.63) is 57.1 Å². The highest BCUT2D eigenvalue weighted by atomic mass is 35.5. The molecule has 158 valence electrons. The first-order chi connectivity index (χ1) is 14.4. The average molecular weight is 464 g/mol. The van der Waals surface area contributed by atoms with Crippen LogP contribution in [-0.4, -0.2) is 55.2 Å². The first kappa shape index (κ1) is 21.5. The fraction of sp³-hybridized carbons (Fsp3) is 0.364. The van der Waals surface area contributed by atoms with Crippen LogP contribution >= 0.6 is 34.5 Å². The second-order valence-corrected chi connectivity index (χ2v) is 9.29. The monoisotopic (exact) mass is 463 g/mol. The number of hydrogen-bond acceptors (Lipinski definition) is 5. The Morgan fingerprint density at radius 1 is 1.17 bits per heavy atom. The lowest BCUT2D eigenvalue weighted by molar-refractivity contribution is 0.0391. The quantitative estimate of drug-likeness (QED) is 0.521. The second-order valence-electron chi connectivity index (χ2n) is 7.44. The number of carbonyl (C=O) groups excluding carboxylic acids is 1. The van der Waals surface area contributed by atoms with E-state index in [2.05, 4.69) is 30.9 Å². The van der Waals surface area contributed by atoms with Crippen molar-refractivity contribution < 1.29 is 9.53 Å². The van der Waals surface area contributed by atoms with Crippen molar-refractivity contribution in [2.75, 3.05) is 44.3 Å². The van der Waals surface area contributed by atoms with Crippen LogP contribution in [-0.2, 0) is 4.74 Å². The summed E-state index contributed by atoms with van der Waals surface area (Å²) in [4.78, 5) is 22.3. The van der Waals surface area contributed by atoms with Crippen LogP contribution < -0.4 is 4.90 Å². The van der Waals surface area contributed by atoms with Crippen molar-refractivity contribution in [3.8, 4) is 0 Å². The summed E-state index contributed by atoms with van der Waals surface area (Å²) in [6, 6.07) is 9.17. The molecule has 0 atom stereocenters. The number of fused-ring (bicyclic) bond motifs is 1. The van der Waals surface area contributed by atoms with Gasteiger partial charge in [0.15, 0.2) is 5.13 Å². The minimum atomic E-state index is -0.169. The van der Waals surface area contributed by atoms with Crippen LogP contribution in [0.15, 0.2) is 30.3 Å². The first-order valence-electron chi connectivity index (χ1n) is 9.87. The summed E-state index contributed by atoms with van der Waals surface area (Å²) in [5.41, 5.74) is 3.73. The second kappa shape index (κ2) is 9.20. The third-order valence-electron chi connectivity index (χ3n) is 5.37. The molecule has 1 aliphatic rings. The normalized spacial score (nSPS) is 14.9. The highest BCUT2D eigenvalue weighted by molar-refractivity contribution is 7.22. The highest BCUT2D eigenvalue weighted by Crippen LogP contribution is 2.32. The minimum absolute atomic E-state index is 0.169. The lowest BCUT2D eigenvalue weighted by atomic mass is 10.1. The Hall–Kier alpha value is -1.70. The molecule has 1 fully saturated rings. The number of morpholine rings is 1. The summed E-state index contributed by atoms with van der Waals surface area (Å²) in [6.45, 7) is 8.59. The molecule has 4 rings (SSSR count). The van der Waals surface area contributed by atoms with Gasteiger partial charge in [0, 0.05) is 31.2 Å². The molecule has 1 aromatic heterocycles. The number of halogens is 2. The Kier molecular flexibility index (Phi) is 6.60. The third kappa shape index (κ3) is 4.63. The lowest BCUT2D eigenvalue weighted by Crippen LogP contribution is -2.43. The zero-order valence-corrected chi connectivity index (χ0v) is 19.3. The van der Waals surface area contributed by atoms with E-state index in [1.165, 1.54) is 22.5 Å². The van der Waals surface area contributed by atoms with E-state index in [1.54, 1.807) is 23.1 Å². The Bertz CT molecular complexity index is 1040. The Balaban J connectivity index is 1.68. The smallest absolute Gasteiger partial charge is 0.261 e. The van der Waals surface area contributed by atoms with E-state index >= 15 is 0 Å². The molecular formula is C22H23Cl2N3O2S. The van der Waals surface area contributed by atoms with Crippen LogP contribution in [0.2, 0.25) is 10.0 Å². The number of thiazole rings is 1. The van der Waals surface area contributed by atoms with Gasteiger partial charge in [0.2, 0.25) is 0 Å². The SMILES string of the molecule is Cc1cc2nc(N(CCN3CCOCC3)C(=O)c3ccc(Cl)cc3Cl)sc2cc1C. The maximum absolute atomic E-state index is 13.5. The Labute approximate surface area is 190 Å². The number of aryl methyl sites for hydroxylation is 2. The largest absolute Gasteiger partial charge is 0.379 e. The van der Waals surface area contributed by atoms with Crippen molar-refractivity contribution in [1.29, 1.82) is 0 Å². The Morgan fingerprint density at radius 3 is 2.63 bits per heavy atom. The summed E-state index contributed by atoms with van der Waals surface area (Å²) in [7, 11) is 0. The molecule has 0 spiro atoms. The molecule has 1 saturated heterocycles. The van der Waals surface area contributed by atoms with Gasteiger partial charge in [0.1, 0.15) is 0 Å². The van der Waals surface area contributed by atoms with E-state index < -0.39 is 0 Å². The zero-order chi connectivity index (χ0) is 21.3. The molecule has 0 saturated carbocycles. The predicted molar refractivity (Wildman–Crippen MR) is 124 cm³/mol. The van der Waals surface area contributed by atoms with Gasteiger partial charge in [-0.15, -0.1) is 0 Å². The standard InChI is InChI=1S/C22H23Cl2N3O2S/c1-14-11-19-20(12-15(14)2)30-22(25-19)27(6-5-26-7-9-29-10-8-26)21(28)17-4-3-16(23)13-18(17)24/h3-4,11-13H,5-10H2,1-2H3. The molecule has 2 aromatic carbocycles. The molecule has 0 aliphatic carbocycles. The average Bonchev–Trinajstić information content (AvgIpc) is 3.11. The number of nitrogens with zero attached hydrogens (tertiary/aromatic N) is 3. The number of benzene rings is 2. The number of hydrogen-bond donors (Lipinski definition) is 0. The summed E-state index contributed by atoms with van der Waals surface area (Å²) >= 11 is 13.9. The number of carbonyl (C=O) groups is 1. The van der Waals surface area contributed by atoms with Crippen LogP contribution in [0.25, 0.3) is 10.2 Å². The summed E-state index contributed by atoms with van der Waals surface area (Å²) in [5, 5.41) is 1.53. The van der Waals surface area contributed by atoms with Gasteiger partial charge in [0.25, 0.3) is 5.91 Å². The molecule has 2 heterocycles. The van der Waals surface area contributed by atoms with E-state index in [1.807, 2.05) is 0 Å². The van der Waals surface area contributed by atoms with E-state index in [0.717, 1.165) is 43.1 Å². The number of aromatic nitrogens is 1. The van der Waals surface area contributed by atoms with Gasteiger partial charge in [-0.3, -0.25) is 14.6 Å². The molecule has 30 heavy (non-hydrogen) atoms. The minimum Gasteiger partial charge on any atom is -0.379 e. The van der Waals surface area contributed by atoms with E-state index in [4.69, 9.17) is 32.9 Å². The molecule has 0 unspecified atom stereocenters. The van der Waals surface area contributed by atoms with Crippen LogP contribution in [0.5, 0.6) is 0 Å². The molecule has 5 nitrogen and oxygen atoms in total. The zero-order valence-electron chi connectivity index (χ0n) is 17.0. The number of rotatable bonds is 5. The van der Waals surface area contributed by atoms with E-state index in [0.29, 0.717) is 27.3 Å². The molecule has 0 N–H and O–H groups in total. The first-order valence-corrected chi connectivity index (χ1v) is 11.4. The van der Waals surface area contributed by atoms with Crippen LogP contribution in [0, 0.1) is 13.8 Å². The number of anilines is 1. The maximum atomic E-state index is 13.5. The Morgan fingerprint density at radius 2 is 1.90 bits per heavy atom. The fourth-order valence-corrected chi connectivity index (χ4v) is 5.00. The predicted octanol–water partition coefficient (Wildman–Crippen LogP) is 5.20. The maximum Gasteiger partial charge on any atom is 0.261 e. The summed E-state index contributed by atoms with van der Waals surface area (Å²) < 4.78 is 6.50. The van der Waals surface area contributed by atoms with Gasteiger partial charge in [-0.1, -0.05) is 34.5 Å². The van der Waals surface area contributed by atoms with Gasteiger partial charge in [-0.05, 0) is 55.3 Å². The molecule has 0 bridgehead atoms. The van der Waals surface area contributed by atoms with Gasteiger partial charge in [-0.25, -0.2) is 4.98 Å². The van der Waals surface area contributed by atoms with Crippen LogP contribution in [0.1, 0.15) is 21.5 Å². The van der Waals surface area contributed by atoms with Crippen LogP contribution in [0.3, 0.4) is 0 Å². The van der Waals surface area contributed by atoms with Crippen molar-refractivity contribution in [2.45, 2.75) is 13.8 Å². The molecule has 1 aliphatic heterocycles. The van der Waals surface area contributed by atoms with Gasteiger partial charge >= 0.3 is 0 Å². The molecule has 1 amide bonds. The van der Waals surface area contributed by atoms with Crippen molar-refractivity contribution in [3.63, 3.8) is 0 Å². The number of ether oxygens (including phenoxy) is 1. The van der Waals surface area contributed by atoms with Crippen molar-refractivity contribution in [2.24, 2.45) is 0 Å². The third-order valence-corrected chi connectivity index (χ3v) is 6.96. The summed E-state index contributed by atoms with van der Waals surface area (Å²) in [6.07, 6.45) is 0. The van der Waals surface area contributed by atoms with Gasteiger partial charge in [-0.2, -0.15) is 0 Å². The van der Waals surface area contributed by atoms with Crippen molar-refractivity contribution >= 4 is 55.8 Å². The molecule has 8 heteroatoms. The van der Waals surface area contributed by atoms with E-state index in [-0.39, 0.29) is 5.91 Å². The van der Waals surface area contributed by atoms with Gasteiger partial charge in [0.05, 0.1) is 34.0 Å². The topological polar surface area (TPSA) is 45.7 Å². The molecule has 3 aromatic rings. The lowest BCUT2D eigenvalue weighted by Gasteiger charge is -2.29. The fourth-order valence-electron chi connectivity index (χ4n) is 3.44. The van der Waals surface area contributed by atoms with Crippen LogP contribution in [0.4, 0.5) is 5.13 Å². The molecule has 0 radical (unpaired) electrons. The van der Waals surface area contributed by atoms with Crippen molar-refractivity contribution in [1.82, 2.24) is 9.88 Å². The molecular weight excluding hydrogens is 441 g/mol. The summed E-state index contributed by atoms with van der Waals surface area (Å²) in [5.74, 6) is -0.169. The van der Waals surface area contributed by atoms with Gasteiger partial charge < -0.3 is 4.74 Å². The van der Waals surface area contributed by atoms with E-state index in [9.17, 15) is 4.79 Å².